The van der Waals surface area contributed by atoms with Crippen molar-refractivity contribution in [2.75, 3.05) is 52.7 Å². The molecule has 1 aliphatic heterocycles. The van der Waals surface area contributed by atoms with Crippen LogP contribution in [0.4, 0.5) is 9.39 Å². The van der Waals surface area contributed by atoms with Crippen LogP contribution < -0.4 is 5.32 Å². The summed E-state index contributed by atoms with van der Waals surface area (Å²) in [6.07, 6.45) is 0. The van der Waals surface area contributed by atoms with E-state index in [2.05, 4.69) is 10.2 Å². The van der Waals surface area contributed by atoms with Gasteiger partial charge in [0.05, 0.1) is 17.6 Å². The average molecular weight is 513 g/mol. The van der Waals surface area contributed by atoms with Crippen LogP contribution in [0.25, 0.3) is 0 Å². The van der Waals surface area contributed by atoms with E-state index in [0.717, 1.165) is 18.7 Å². The number of hydrogen-bond donors (Lipinski definition) is 1. The van der Waals surface area contributed by atoms with E-state index in [1.807, 2.05) is 4.90 Å². The van der Waals surface area contributed by atoms with Crippen molar-refractivity contribution < 1.29 is 18.7 Å². The number of rotatable bonds is 5. The number of halogens is 2. The van der Waals surface area contributed by atoms with Gasteiger partial charge in [-0.25, -0.2) is 9.18 Å². The van der Waals surface area contributed by atoms with Crippen molar-refractivity contribution in [2.24, 2.45) is 0 Å². The molecule has 1 amide bonds. The van der Waals surface area contributed by atoms with E-state index in [0.29, 0.717) is 50.8 Å². The first-order valence-electron chi connectivity index (χ1n) is 10.3. The van der Waals surface area contributed by atoms with Gasteiger partial charge >= 0.3 is 5.97 Å². The van der Waals surface area contributed by atoms with Crippen LogP contribution in [0.1, 0.15) is 31.2 Å². The molecule has 0 spiro atoms. The number of esters is 1. The predicted molar refractivity (Wildman–Crippen MR) is 133 cm³/mol. The van der Waals surface area contributed by atoms with Crippen LogP contribution in [0.5, 0.6) is 0 Å². The molecule has 2 aromatic rings. The van der Waals surface area contributed by atoms with Gasteiger partial charge in [-0.2, -0.15) is 0 Å². The maximum absolute atomic E-state index is 13.3. The first-order valence-corrected chi connectivity index (χ1v) is 11.9. The van der Waals surface area contributed by atoms with E-state index in [9.17, 15) is 14.0 Å². The maximum atomic E-state index is 13.3. The largest absolute Gasteiger partial charge is 0.465 e. The third-order valence-corrected chi connectivity index (χ3v) is 7.33. The number of carbonyl (C=O) groups is 2. The molecule has 1 aliphatic rings. The van der Waals surface area contributed by atoms with E-state index in [1.165, 1.54) is 35.5 Å². The monoisotopic (exact) mass is 512 g/mol. The van der Waals surface area contributed by atoms with E-state index < -0.39 is 5.97 Å². The van der Waals surface area contributed by atoms with E-state index in [-0.39, 0.29) is 11.7 Å². The van der Waals surface area contributed by atoms with Gasteiger partial charge in [-0.3, -0.25) is 9.69 Å². The summed E-state index contributed by atoms with van der Waals surface area (Å²) in [5, 5.41) is 4.54. The molecule has 2 heterocycles. The molecule has 0 aliphatic carbocycles. The zero-order valence-electron chi connectivity index (χ0n) is 18.9. The number of hydrogen-bond acceptors (Lipinski definition) is 6. The average Bonchev–Trinajstić information content (AvgIpc) is 3.10. The molecule has 1 N–H and O–H groups in total. The van der Waals surface area contributed by atoms with Crippen molar-refractivity contribution in [2.45, 2.75) is 13.5 Å². The minimum atomic E-state index is -0.521. The Hall–Kier alpha value is -2.27. The Morgan fingerprint density at radius 2 is 1.94 bits per heavy atom. The minimum absolute atomic E-state index is 0.185. The van der Waals surface area contributed by atoms with Crippen LogP contribution in [0, 0.1) is 12.7 Å². The molecule has 0 radical (unpaired) electrons. The lowest BCUT2D eigenvalue weighted by Crippen LogP contribution is -2.49. The number of amides is 1. The molecule has 1 saturated heterocycles. The van der Waals surface area contributed by atoms with Gasteiger partial charge in [-0.05, 0) is 42.4 Å². The number of methoxy groups -OCH3 is 1. The molecule has 178 valence electrons. The molecule has 0 atom stereocenters. The lowest BCUT2D eigenvalue weighted by Gasteiger charge is -2.36. The highest BCUT2D eigenvalue weighted by Gasteiger charge is 2.28. The molecule has 1 aromatic carbocycles. The van der Waals surface area contributed by atoms with Crippen LogP contribution in [0.15, 0.2) is 18.2 Å². The summed E-state index contributed by atoms with van der Waals surface area (Å²) in [4.78, 5) is 31.1. The number of carbonyl (C=O) groups excluding carboxylic acids is 2. The van der Waals surface area contributed by atoms with Crippen molar-refractivity contribution in [3.8, 4) is 0 Å². The van der Waals surface area contributed by atoms with E-state index in [1.54, 1.807) is 27.1 Å². The Morgan fingerprint density at radius 3 is 2.52 bits per heavy atom. The smallest absolute Gasteiger partial charge is 0.341 e. The van der Waals surface area contributed by atoms with Crippen LogP contribution >= 0.6 is 35.2 Å². The predicted octanol–water partition coefficient (Wildman–Crippen LogP) is 3.85. The lowest BCUT2D eigenvalue weighted by atomic mass is 10.1. The highest BCUT2D eigenvalue weighted by atomic mass is 35.5. The van der Waals surface area contributed by atoms with Gasteiger partial charge in [0.1, 0.15) is 10.8 Å². The van der Waals surface area contributed by atoms with Crippen molar-refractivity contribution in [3.05, 3.63) is 50.6 Å². The van der Waals surface area contributed by atoms with Gasteiger partial charge in [-0.1, -0.05) is 17.7 Å². The molecule has 33 heavy (non-hydrogen) atoms. The number of anilines is 1. The second kappa shape index (κ2) is 10.8. The third-order valence-electron chi connectivity index (χ3n) is 5.43. The van der Waals surface area contributed by atoms with Gasteiger partial charge in [-0.15, -0.1) is 11.3 Å². The number of ether oxygens (including phenoxy) is 1. The standard InChI is InChI=1S/C22H26ClFN4O3S2/c1-13-17(21(30)31-4)19(33-18(13)20(29)26(2)3)25-22(32)28-9-7-27(8-10-28)12-14-5-6-15(24)11-16(14)23/h5-6,11H,7-10,12H2,1-4H3,(H,25,32). The van der Waals surface area contributed by atoms with E-state index >= 15 is 0 Å². The molecule has 1 aromatic heterocycles. The number of thiocarbonyl (C=S) groups is 1. The maximum Gasteiger partial charge on any atom is 0.341 e. The highest BCUT2D eigenvalue weighted by Crippen LogP contribution is 2.34. The van der Waals surface area contributed by atoms with Crippen LogP contribution in [0.3, 0.4) is 0 Å². The van der Waals surface area contributed by atoms with Crippen molar-refractivity contribution in [3.63, 3.8) is 0 Å². The Bertz CT molecular complexity index is 1070. The van der Waals surface area contributed by atoms with Gasteiger partial charge in [0.2, 0.25) is 0 Å². The molecular weight excluding hydrogens is 487 g/mol. The first-order chi connectivity index (χ1) is 15.6. The summed E-state index contributed by atoms with van der Waals surface area (Å²) < 4.78 is 18.2. The molecular formula is C22H26ClFN4O3S2. The zero-order chi connectivity index (χ0) is 24.3. The summed E-state index contributed by atoms with van der Waals surface area (Å²) in [5.41, 5.74) is 1.76. The lowest BCUT2D eigenvalue weighted by molar-refractivity contribution is 0.0601. The number of benzene rings is 1. The van der Waals surface area contributed by atoms with Crippen molar-refractivity contribution >= 4 is 57.1 Å². The van der Waals surface area contributed by atoms with Gasteiger partial charge in [0.25, 0.3) is 5.91 Å². The quantitative estimate of drug-likeness (QED) is 0.482. The minimum Gasteiger partial charge on any atom is -0.465 e. The Labute approximate surface area is 207 Å². The highest BCUT2D eigenvalue weighted by molar-refractivity contribution is 7.80. The summed E-state index contributed by atoms with van der Waals surface area (Å²) in [5.74, 6) is -1.06. The van der Waals surface area contributed by atoms with Gasteiger partial charge < -0.3 is 19.9 Å². The summed E-state index contributed by atoms with van der Waals surface area (Å²) in [6.45, 7) is 5.19. The van der Waals surface area contributed by atoms with Crippen molar-refractivity contribution in [1.82, 2.24) is 14.7 Å². The van der Waals surface area contributed by atoms with Crippen LogP contribution in [-0.4, -0.2) is 79.1 Å². The first kappa shape index (κ1) is 25.4. The second-order valence-corrected chi connectivity index (χ2v) is 9.70. The summed E-state index contributed by atoms with van der Waals surface area (Å²) in [6, 6.07) is 4.44. The Morgan fingerprint density at radius 1 is 1.27 bits per heavy atom. The molecule has 0 saturated carbocycles. The number of nitrogens with zero attached hydrogens (tertiary/aromatic N) is 3. The van der Waals surface area contributed by atoms with E-state index in [4.69, 9.17) is 28.6 Å². The zero-order valence-corrected chi connectivity index (χ0v) is 21.3. The van der Waals surface area contributed by atoms with Crippen LogP contribution in [-0.2, 0) is 11.3 Å². The molecule has 1 fully saturated rings. The third kappa shape index (κ3) is 5.81. The topological polar surface area (TPSA) is 65.1 Å². The van der Waals surface area contributed by atoms with Gasteiger partial charge in [0.15, 0.2) is 5.11 Å². The normalized spacial score (nSPS) is 14.2. The fraction of sp³-hybridized carbons (Fsp3) is 0.409. The molecule has 11 heteroatoms. The number of piperazine rings is 1. The summed E-state index contributed by atoms with van der Waals surface area (Å²) >= 11 is 13.0. The number of thiophene rings is 1. The fourth-order valence-corrected chi connectivity index (χ4v) is 5.32. The number of nitrogens with one attached hydrogen (secondary N) is 1. The second-order valence-electron chi connectivity index (χ2n) is 7.88. The SMILES string of the molecule is COC(=O)c1c(NC(=S)N2CCN(Cc3ccc(F)cc3Cl)CC2)sc(C(=O)N(C)C)c1C. The van der Waals surface area contributed by atoms with Crippen LogP contribution in [0.2, 0.25) is 5.02 Å². The Balaban J connectivity index is 1.67. The molecule has 0 unspecified atom stereocenters. The summed E-state index contributed by atoms with van der Waals surface area (Å²) in [7, 11) is 4.63. The Kier molecular flexibility index (Phi) is 8.28. The molecule has 0 bridgehead atoms. The molecule has 7 nitrogen and oxygen atoms in total. The van der Waals surface area contributed by atoms with Crippen molar-refractivity contribution in [1.29, 1.82) is 0 Å². The molecule has 3 rings (SSSR count). The van der Waals surface area contributed by atoms with Gasteiger partial charge in [0, 0.05) is 51.8 Å². The fourth-order valence-electron chi connectivity index (χ4n) is 3.53.